The van der Waals surface area contributed by atoms with Crippen LogP contribution in [0.3, 0.4) is 0 Å². The summed E-state index contributed by atoms with van der Waals surface area (Å²) in [5.74, 6) is -0.371. The molecule has 3 saturated heterocycles. The lowest BCUT2D eigenvalue weighted by Crippen LogP contribution is -2.54. The van der Waals surface area contributed by atoms with Crippen molar-refractivity contribution in [2.45, 2.75) is 82.8 Å². The molecule has 1 aliphatic carbocycles. The van der Waals surface area contributed by atoms with Gasteiger partial charge in [-0.25, -0.2) is 13.8 Å². The molecule has 4 fully saturated rings. The number of nitrogens with zero attached hydrogens (tertiary/aromatic N) is 6. The fourth-order valence-corrected chi connectivity index (χ4v) is 9.63. The number of halogens is 2. The Bertz CT molecular complexity index is 1940. The van der Waals surface area contributed by atoms with Crippen molar-refractivity contribution < 1.29 is 26.8 Å². The maximum Gasteiger partial charge on any atom is 0.282 e. The summed E-state index contributed by atoms with van der Waals surface area (Å²) in [6.07, 6.45) is 3.03. The Hall–Kier alpha value is -3.86. The van der Waals surface area contributed by atoms with Crippen molar-refractivity contribution in [2.75, 3.05) is 44.6 Å². The molecule has 16 heteroatoms. The summed E-state index contributed by atoms with van der Waals surface area (Å²) in [4.78, 5) is 48.1. The zero-order valence-electron chi connectivity index (χ0n) is 28.6. The van der Waals surface area contributed by atoms with Gasteiger partial charge in [0.2, 0.25) is 17.8 Å². The van der Waals surface area contributed by atoms with E-state index in [9.17, 15) is 31.6 Å². The predicted molar refractivity (Wildman–Crippen MR) is 186 cm³/mol. The average molecular weight is 727 g/mol. The minimum atomic E-state index is -3.65. The van der Waals surface area contributed by atoms with Crippen LogP contribution in [0.1, 0.15) is 86.9 Å². The van der Waals surface area contributed by atoms with Crippen LogP contribution in [-0.4, -0.2) is 93.6 Å². The van der Waals surface area contributed by atoms with Gasteiger partial charge >= 0.3 is 0 Å². The summed E-state index contributed by atoms with van der Waals surface area (Å²) in [6, 6.07) is 8.72. The Morgan fingerprint density at radius 2 is 1.65 bits per heavy atom. The number of amides is 2. The van der Waals surface area contributed by atoms with Crippen LogP contribution in [0.15, 0.2) is 41.3 Å². The number of hydrogen-bond donors (Lipinski definition) is 2. The number of pyridine rings is 1. The van der Waals surface area contributed by atoms with E-state index in [4.69, 9.17) is 0 Å². The highest BCUT2D eigenvalue weighted by Gasteiger charge is 2.36. The molecule has 7 rings (SSSR count). The third-order valence-electron chi connectivity index (χ3n) is 11.0. The van der Waals surface area contributed by atoms with Gasteiger partial charge in [-0.1, -0.05) is 37.6 Å². The van der Waals surface area contributed by atoms with E-state index in [-0.39, 0.29) is 41.7 Å². The first kappa shape index (κ1) is 35.5. The lowest BCUT2D eigenvalue weighted by molar-refractivity contribution is -0.134. The average Bonchev–Trinajstić information content (AvgIpc) is 3.54. The van der Waals surface area contributed by atoms with E-state index in [1.807, 2.05) is 31.2 Å². The van der Waals surface area contributed by atoms with Gasteiger partial charge in [0.15, 0.2) is 0 Å². The summed E-state index contributed by atoms with van der Waals surface area (Å²) in [6.45, 7) is 5.30. The van der Waals surface area contributed by atoms with Gasteiger partial charge in [-0.05, 0) is 55.2 Å². The van der Waals surface area contributed by atoms with Crippen molar-refractivity contribution in [3.63, 3.8) is 0 Å². The van der Waals surface area contributed by atoms with Crippen LogP contribution in [-0.2, 0) is 26.3 Å². The van der Waals surface area contributed by atoms with Gasteiger partial charge in [0.25, 0.3) is 22.2 Å². The monoisotopic (exact) mass is 726 g/mol. The van der Waals surface area contributed by atoms with E-state index < -0.39 is 27.8 Å². The van der Waals surface area contributed by atoms with Crippen LogP contribution < -0.4 is 16.2 Å². The highest BCUT2D eigenvalue weighted by molar-refractivity contribution is 7.86. The van der Waals surface area contributed by atoms with Crippen LogP contribution in [0, 0.1) is 5.92 Å². The number of imide groups is 1. The standard InChI is InChI=1S/C35H44F2N8O5S/c1-22-3-2-4-29(22)45-32-25(19-28(31(36)37)34(45)48)20-38-35(41-32)39-26-11-13-43(14-12-26)51(49,50)44-17-15-42(16-18-44)21-23-5-7-24(8-6-23)27-9-10-30(46)40-33(27)47/h5-8,19-20,22,26-27,29,31H,2-4,9-18,21H2,1H3,(H,38,39,41)(H,40,46,47). The zero-order valence-corrected chi connectivity index (χ0v) is 29.5. The quantitative estimate of drug-likeness (QED) is 0.316. The number of hydrogen-bond acceptors (Lipinski definition) is 9. The molecule has 13 nitrogen and oxygen atoms in total. The molecule has 0 radical (unpaired) electrons. The molecule has 51 heavy (non-hydrogen) atoms. The van der Waals surface area contributed by atoms with Crippen LogP contribution in [0.2, 0.25) is 0 Å². The Labute approximate surface area is 295 Å². The lowest BCUT2D eigenvalue weighted by Gasteiger charge is -2.39. The second kappa shape index (κ2) is 14.6. The molecular weight excluding hydrogens is 682 g/mol. The van der Waals surface area contributed by atoms with Crippen molar-refractivity contribution in [2.24, 2.45) is 5.92 Å². The van der Waals surface area contributed by atoms with Gasteiger partial charge in [-0.15, -0.1) is 0 Å². The SMILES string of the molecule is CC1CCCC1n1c(=O)c(C(F)F)cc2cnc(NC3CCN(S(=O)(=O)N4CCN(Cc5ccc(C6CCC(=O)NC6=O)cc5)CC4)CC3)nc21. The van der Waals surface area contributed by atoms with E-state index in [1.165, 1.54) is 21.1 Å². The van der Waals surface area contributed by atoms with Gasteiger partial charge in [-0.2, -0.15) is 22.0 Å². The Kier molecular flexibility index (Phi) is 10.2. The first-order chi connectivity index (χ1) is 24.5. The molecule has 4 aliphatic rings. The molecule has 3 aliphatic heterocycles. The van der Waals surface area contributed by atoms with Crippen LogP contribution in [0.25, 0.3) is 11.0 Å². The third-order valence-corrected chi connectivity index (χ3v) is 13.0. The first-order valence-electron chi connectivity index (χ1n) is 17.8. The molecular formula is C35H44F2N8O5S. The number of carbonyl (C=O) groups is 2. The smallest absolute Gasteiger partial charge is 0.282 e. The maximum absolute atomic E-state index is 13.8. The van der Waals surface area contributed by atoms with Crippen LogP contribution in [0.4, 0.5) is 14.7 Å². The number of piperidine rings is 2. The topological polar surface area (TPSA) is 150 Å². The normalized spacial score (nSPS) is 24.7. The lowest BCUT2D eigenvalue weighted by atomic mass is 9.90. The molecule has 1 saturated carbocycles. The molecule has 3 atom stereocenters. The largest absolute Gasteiger partial charge is 0.351 e. The number of aromatic nitrogens is 3. The van der Waals surface area contributed by atoms with E-state index in [0.717, 1.165) is 30.4 Å². The van der Waals surface area contributed by atoms with Crippen molar-refractivity contribution in [1.82, 2.24) is 33.4 Å². The van der Waals surface area contributed by atoms with E-state index in [1.54, 1.807) is 4.31 Å². The Morgan fingerprint density at radius 1 is 0.941 bits per heavy atom. The number of rotatable bonds is 9. The summed E-state index contributed by atoms with van der Waals surface area (Å²) in [7, 11) is -3.65. The van der Waals surface area contributed by atoms with E-state index in [0.29, 0.717) is 82.5 Å². The zero-order chi connectivity index (χ0) is 35.9. The number of alkyl halides is 2. The first-order valence-corrected chi connectivity index (χ1v) is 19.2. The van der Waals surface area contributed by atoms with E-state index >= 15 is 0 Å². The van der Waals surface area contributed by atoms with Gasteiger partial charge in [0.1, 0.15) is 5.65 Å². The highest BCUT2D eigenvalue weighted by Crippen LogP contribution is 2.36. The molecule has 0 spiro atoms. The molecule has 0 bridgehead atoms. The Balaban J connectivity index is 0.930. The third kappa shape index (κ3) is 7.41. The van der Waals surface area contributed by atoms with Crippen LogP contribution in [0.5, 0.6) is 0 Å². The van der Waals surface area contributed by atoms with Gasteiger partial charge in [0.05, 0.1) is 11.5 Å². The molecule has 2 aromatic heterocycles. The van der Waals surface area contributed by atoms with Gasteiger partial charge in [-0.3, -0.25) is 29.2 Å². The summed E-state index contributed by atoms with van der Waals surface area (Å²) in [5.41, 5.74) is 1.04. The molecule has 1 aromatic carbocycles. The van der Waals surface area contributed by atoms with Crippen molar-refractivity contribution >= 4 is 39.0 Å². The number of piperazine rings is 1. The molecule has 5 heterocycles. The highest BCUT2D eigenvalue weighted by atomic mass is 32.2. The molecule has 3 aromatic rings. The summed E-state index contributed by atoms with van der Waals surface area (Å²) in [5, 5.41) is 6.09. The van der Waals surface area contributed by atoms with Crippen molar-refractivity contribution in [3.05, 3.63) is 63.6 Å². The second-order valence-electron chi connectivity index (χ2n) is 14.3. The summed E-state index contributed by atoms with van der Waals surface area (Å²) < 4.78 is 59.3. The van der Waals surface area contributed by atoms with Gasteiger partial charge < -0.3 is 5.32 Å². The fraction of sp³-hybridized carbons (Fsp3) is 0.571. The minimum Gasteiger partial charge on any atom is -0.351 e. The maximum atomic E-state index is 13.8. The second-order valence-corrected chi connectivity index (χ2v) is 16.2. The summed E-state index contributed by atoms with van der Waals surface area (Å²) >= 11 is 0. The number of anilines is 1. The van der Waals surface area contributed by atoms with Crippen molar-refractivity contribution in [3.8, 4) is 0 Å². The number of nitrogens with one attached hydrogen (secondary N) is 2. The molecule has 274 valence electrons. The minimum absolute atomic E-state index is 0.0990. The molecule has 2 amide bonds. The molecule has 2 N–H and O–H groups in total. The van der Waals surface area contributed by atoms with Crippen molar-refractivity contribution in [1.29, 1.82) is 0 Å². The van der Waals surface area contributed by atoms with Crippen LogP contribution >= 0.6 is 0 Å². The predicted octanol–water partition coefficient (Wildman–Crippen LogP) is 3.55. The fourth-order valence-electron chi connectivity index (χ4n) is 8.00. The Morgan fingerprint density at radius 3 is 2.29 bits per heavy atom. The van der Waals surface area contributed by atoms with Gasteiger partial charge in [0, 0.05) is 75.9 Å². The number of fused-ring (bicyclic) bond motifs is 1. The molecule has 3 unspecified atom stereocenters. The van der Waals surface area contributed by atoms with E-state index in [2.05, 4.69) is 25.5 Å². The number of carbonyl (C=O) groups excluding carboxylic acids is 2. The number of benzene rings is 1.